The van der Waals surface area contributed by atoms with Crippen molar-refractivity contribution in [3.8, 4) is 0 Å². The van der Waals surface area contributed by atoms with Crippen LogP contribution >= 0.6 is 0 Å². The number of aliphatic imine (C=N–C) groups is 1. The molecule has 1 heteroatoms. The predicted molar refractivity (Wildman–Crippen MR) is 98.2 cm³/mol. The van der Waals surface area contributed by atoms with Crippen molar-refractivity contribution in [1.82, 2.24) is 0 Å². The molecule has 0 radical (unpaired) electrons. The average Bonchev–Trinajstić information content (AvgIpc) is 2.44. The molecule has 0 amide bonds. The van der Waals surface area contributed by atoms with Gasteiger partial charge in [0.05, 0.1) is 0 Å². The van der Waals surface area contributed by atoms with Crippen molar-refractivity contribution in [3.63, 3.8) is 0 Å². The van der Waals surface area contributed by atoms with Crippen LogP contribution in [0.1, 0.15) is 73.6 Å². The van der Waals surface area contributed by atoms with Crippen LogP contribution in [0.4, 0.5) is 0 Å². The Kier molecular flexibility index (Phi) is 10.9. The maximum atomic E-state index is 4.52. The van der Waals surface area contributed by atoms with Crippen molar-refractivity contribution in [2.24, 2.45) is 10.4 Å². The van der Waals surface area contributed by atoms with Crippen LogP contribution in [0.25, 0.3) is 0 Å². The van der Waals surface area contributed by atoms with Crippen LogP contribution in [0.2, 0.25) is 0 Å². The molecule has 0 aliphatic rings. The lowest BCUT2D eigenvalue weighted by Gasteiger charge is -2.26. The molecular weight excluding hydrogens is 254 g/mol. The molecular formula is C20H35N. The maximum Gasteiger partial charge on any atom is 0.0386 e. The fourth-order valence-electron chi connectivity index (χ4n) is 2.80. The number of nitrogens with zero attached hydrogens (tertiary/aromatic N) is 1. The standard InChI is InChI=1S/C20H35N/c1-7-12-19(18(11-5)17-21-15-10-4)16-20(6,13-8-2)14-9-3/h7,11-12,16-17H,8-10,13-15H2,1-6H3/b12-7-,18-11-,19-16+,21-17?. The Morgan fingerprint density at radius 2 is 1.57 bits per heavy atom. The highest BCUT2D eigenvalue weighted by molar-refractivity contribution is 5.85. The lowest BCUT2D eigenvalue weighted by molar-refractivity contribution is 0.351. The van der Waals surface area contributed by atoms with Crippen LogP contribution in [-0.2, 0) is 0 Å². The van der Waals surface area contributed by atoms with Crippen molar-refractivity contribution in [2.45, 2.75) is 73.6 Å². The molecule has 0 aromatic rings. The molecule has 0 atom stereocenters. The maximum absolute atomic E-state index is 4.52. The topological polar surface area (TPSA) is 12.4 Å². The number of hydrogen-bond acceptors (Lipinski definition) is 1. The van der Waals surface area contributed by atoms with E-state index in [9.17, 15) is 0 Å². The summed E-state index contributed by atoms with van der Waals surface area (Å²) >= 11 is 0. The number of hydrogen-bond donors (Lipinski definition) is 0. The summed E-state index contributed by atoms with van der Waals surface area (Å²) in [5.74, 6) is 0. The van der Waals surface area contributed by atoms with Gasteiger partial charge in [-0.1, -0.05) is 64.8 Å². The first-order valence-electron chi connectivity index (χ1n) is 8.58. The monoisotopic (exact) mass is 289 g/mol. The van der Waals surface area contributed by atoms with Gasteiger partial charge in [0, 0.05) is 12.8 Å². The highest BCUT2D eigenvalue weighted by Gasteiger charge is 2.20. The lowest BCUT2D eigenvalue weighted by Crippen LogP contribution is -2.14. The molecule has 0 aliphatic carbocycles. The second kappa shape index (κ2) is 11.5. The first-order valence-corrected chi connectivity index (χ1v) is 8.58. The van der Waals surface area contributed by atoms with E-state index in [4.69, 9.17) is 0 Å². The van der Waals surface area contributed by atoms with E-state index in [0.717, 1.165) is 13.0 Å². The van der Waals surface area contributed by atoms with Crippen LogP contribution < -0.4 is 0 Å². The van der Waals surface area contributed by atoms with E-state index >= 15 is 0 Å². The van der Waals surface area contributed by atoms with Crippen LogP contribution in [0.3, 0.4) is 0 Å². The fraction of sp³-hybridized carbons (Fsp3) is 0.650. The third-order valence-electron chi connectivity index (χ3n) is 3.72. The van der Waals surface area contributed by atoms with Gasteiger partial charge in [0.15, 0.2) is 0 Å². The van der Waals surface area contributed by atoms with Gasteiger partial charge in [-0.3, -0.25) is 4.99 Å². The Labute approximate surface area is 132 Å². The third kappa shape index (κ3) is 8.04. The van der Waals surface area contributed by atoms with Crippen molar-refractivity contribution < 1.29 is 0 Å². The normalized spacial score (nSPS) is 14.6. The van der Waals surface area contributed by atoms with Gasteiger partial charge in [-0.25, -0.2) is 0 Å². The molecule has 0 saturated carbocycles. The van der Waals surface area contributed by atoms with Crippen LogP contribution in [0.15, 0.2) is 40.4 Å². The Balaban J connectivity index is 5.46. The van der Waals surface area contributed by atoms with Gasteiger partial charge < -0.3 is 0 Å². The SMILES string of the molecule is C\C=C/C(=C\C(C)(CCC)CCC)C(/C=NCCC)=C\C. The van der Waals surface area contributed by atoms with E-state index in [1.165, 1.54) is 36.8 Å². The second-order valence-corrected chi connectivity index (χ2v) is 6.03. The Morgan fingerprint density at radius 3 is 2.00 bits per heavy atom. The van der Waals surface area contributed by atoms with Crippen molar-refractivity contribution in [3.05, 3.63) is 35.5 Å². The molecule has 0 aliphatic heterocycles. The van der Waals surface area contributed by atoms with Gasteiger partial charge in [-0.05, 0) is 49.7 Å². The zero-order chi connectivity index (χ0) is 16.1. The number of rotatable bonds is 10. The molecule has 0 N–H and O–H groups in total. The smallest absolute Gasteiger partial charge is 0.0386 e. The summed E-state index contributed by atoms with van der Waals surface area (Å²) in [5.41, 5.74) is 2.83. The van der Waals surface area contributed by atoms with Crippen molar-refractivity contribution in [1.29, 1.82) is 0 Å². The Bertz CT molecular complexity index is 377. The van der Waals surface area contributed by atoms with Gasteiger partial charge in [0.2, 0.25) is 0 Å². The predicted octanol–water partition coefficient (Wildman–Crippen LogP) is 6.52. The molecule has 0 aromatic carbocycles. The fourth-order valence-corrected chi connectivity index (χ4v) is 2.80. The summed E-state index contributed by atoms with van der Waals surface area (Å²) in [6.45, 7) is 14.2. The van der Waals surface area contributed by atoms with Crippen LogP contribution in [-0.4, -0.2) is 12.8 Å². The molecule has 21 heavy (non-hydrogen) atoms. The van der Waals surface area contributed by atoms with E-state index in [1.807, 2.05) is 6.21 Å². The average molecular weight is 290 g/mol. The molecule has 0 unspecified atom stereocenters. The first kappa shape index (κ1) is 19.9. The first-order chi connectivity index (χ1) is 10.1. The highest BCUT2D eigenvalue weighted by Crippen LogP contribution is 2.33. The molecule has 0 aromatic heterocycles. The summed E-state index contributed by atoms with van der Waals surface area (Å²) < 4.78 is 0. The van der Waals surface area contributed by atoms with E-state index < -0.39 is 0 Å². The molecule has 0 rings (SSSR count). The Morgan fingerprint density at radius 1 is 0.952 bits per heavy atom. The highest BCUT2D eigenvalue weighted by atomic mass is 14.7. The number of allylic oxidation sites excluding steroid dienone is 6. The molecule has 0 bridgehead atoms. The Hall–Kier alpha value is -1.11. The summed E-state index contributed by atoms with van der Waals surface area (Å²) in [7, 11) is 0. The zero-order valence-corrected chi connectivity index (χ0v) is 15.1. The molecule has 0 spiro atoms. The molecule has 120 valence electrons. The molecule has 0 fully saturated rings. The molecule has 0 saturated heterocycles. The zero-order valence-electron chi connectivity index (χ0n) is 15.1. The molecule has 0 heterocycles. The minimum atomic E-state index is 0.283. The summed E-state index contributed by atoms with van der Waals surface area (Å²) in [5, 5.41) is 0. The van der Waals surface area contributed by atoms with Crippen LogP contribution in [0.5, 0.6) is 0 Å². The van der Waals surface area contributed by atoms with E-state index in [2.05, 4.69) is 70.8 Å². The minimum absolute atomic E-state index is 0.283. The quantitative estimate of drug-likeness (QED) is 0.320. The van der Waals surface area contributed by atoms with Crippen LogP contribution in [0, 0.1) is 5.41 Å². The van der Waals surface area contributed by atoms with Gasteiger partial charge in [0.1, 0.15) is 0 Å². The van der Waals surface area contributed by atoms with E-state index in [0.29, 0.717) is 0 Å². The lowest BCUT2D eigenvalue weighted by atomic mass is 9.79. The van der Waals surface area contributed by atoms with Gasteiger partial charge >= 0.3 is 0 Å². The van der Waals surface area contributed by atoms with E-state index in [1.54, 1.807) is 0 Å². The van der Waals surface area contributed by atoms with Crippen molar-refractivity contribution in [2.75, 3.05) is 6.54 Å². The molecule has 1 nitrogen and oxygen atoms in total. The third-order valence-corrected chi connectivity index (χ3v) is 3.72. The summed E-state index contributed by atoms with van der Waals surface area (Å²) in [6.07, 6.45) is 17.0. The van der Waals surface area contributed by atoms with Gasteiger partial charge in [-0.2, -0.15) is 0 Å². The summed E-state index contributed by atoms with van der Waals surface area (Å²) in [4.78, 5) is 4.52. The van der Waals surface area contributed by atoms with Gasteiger partial charge in [-0.15, -0.1) is 0 Å². The summed E-state index contributed by atoms with van der Waals surface area (Å²) in [6, 6.07) is 0. The second-order valence-electron chi connectivity index (χ2n) is 6.03. The van der Waals surface area contributed by atoms with Crippen molar-refractivity contribution >= 4 is 6.21 Å². The minimum Gasteiger partial charge on any atom is -0.293 e. The largest absolute Gasteiger partial charge is 0.293 e. The van der Waals surface area contributed by atoms with E-state index in [-0.39, 0.29) is 5.41 Å². The van der Waals surface area contributed by atoms with Gasteiger partial charge in [0.25, 0.3) is 0 Å².